The number of aliphatic hydroxyl groups excluding tert-OH is 1. The highest BCUT2D eigenvalue weighted by atomic mass is 16.3. The Balaban J connectivity index is 1.85. The molecule has 3 nitrogen and oxygen atoms in total. The smallest absolute Gasteiger partial charge is 0.0602 e. The summed E-state index contributed by atoms with van der Waals surface area (Å²) in [5.74, 6) is 1.11. The number of fused-ring (bicyclic) bond motifs is 1. The van der Waals surface area contributed by atoms with Crippen LogP contribution in [-0.2, 0) is 0 Å². The lowest BCUT2D eigenvalue weighted by molar-refractivity contribution is 0.133. The Morgan fingerprint density at radius 2 is 2.12 bits per heavy atom. The molecule has 3 rings (SSSR count). The standard InChI is InChI=1S/C14H20N2O/c1-9-2-4-12(15)13(6-9)16-7-10-3-5-14(17)11(10)8-16/h2,4,6,10-11,14,17H,3,5,7-8,15H2,1H3. The molecule has 1 aromatic rings. The Labute approximate surface area is 102 Å². The van der Waals surface area contributed by atoms with Gasteiger partial charge in [0.15, 0.2) is 0 Å². The van der Waals surface area contributed by atoms with Crippen LogP contribution in [0.4, 0.5) is 11.4 Å². The van der Waals surface area contributed by atoms with Crippen molar-refractivity contribution in [2.45, 2.75) is 25.9 Å². The molecule has 0 aromatic heterocycles. The molecule has 3 N–H and O–H groups in total. The normalized spacial score (nSPS) is 31.9. The van der Waals surface area contributed by atoms with Crippen LogP contribution in [0.3, 0.4) is 0 Å². The summed E-state index contributed by atoms with van der Waals surface area (Å²) in [4.78, 5) is 2.35. The van der Waals surface area contributed by atoms with Crippen molar-refractivity contribution < 1.29 is 5.11 Å². The maximum Gasteiger partial charge on any atom is 0.0602 e. The van der Waals surface area contributed by atoms with Gasteiger partial charge in [0.2, 0.25) is 0 Å². The van der Waals surface area contributed by atoms with E-state index in [2.05, 4.69) is 17.9 Å². The second-order valence-corrected chi connectivity index (χ2v) is 5.54. The first-order valence-electron chi connectivity index (χ1n) is 6.44. The minimum atomic E-state index is -0.101. The van der Waals surface area contributed by atoms with Crippen LogP contribution in [0.1, 0.15) is 18.4 Å². The molecule has 1 saturated carbocycles. The van der Waals surface area contributed by atoms with Crippen LogP contribution in [-0.4, -0.2) is 24.3 Å². The third kappa shape index (κ3) is 1.78. The van der Waals surface area contributed by atoms with Crippen molar-refractivity contribution in [3.8, 4) is 0 Å². The number of aliphatic hydroxyl groups is 1. The van der Waals surface area contributed by atoms with E-state index in [4.69, 9.17) is 5.73 Å². The Bertz CT molecular complexity index is 432. The molecule has 2 fully saturated rings. The Morgan fingerprint density at radius 1 is 1.29 bits per heavy atom. The molecule has 3 heteroatoms. The first-order chi connectivity index (χ1) is 8.15. The van der Waals surface area contributed by atoms with Gasteiger partial charge in [-0.25, -0.2) is 0 Å². The molecule has 1 heterocycles. The molecule has 0 bridgehead atoms. The minimum absolute atomic E-state index is 0.101. The Morgan fingerprint density at radius 3 is 2.88 bits per heavy atom. The van der Waals surface area contributed by atoms with E-state index in [0.29, 0.717) is 11.8 Å². The Hall–Kier alpha value is -1.22. The summed E-state index contributed by atoms with van der Waals surface area (Å²) in [6.45, 7) is 4.10. The van der Waals surface area contributed by atoms with Crippen LogP contribution in [0.5, 0.6) is 0 Å². The third-order valence-corrected chi connectivity index (χ3v) is 4.35. The number of nitrogens with zero attached hydrogens (tertiary/aromatic N) is 1. The van der Waals surface area contributed by atoms with E-state index in [1.54, 1.807) is 0 Å². The van der Waals surface area contributed by atoms with E-state index in [0.717, 1.165) is 37.3 Å². The molecule has 0 radical (unpaired) electrons. The summed E-state index contributed by atoms with van der Waals surface area (Å²) in [5, 5.41) is 9.93. The first-order valence-corrected chi connectivity index (χ1v) is 6.44. The maximum atomic E-state index is 9.93. The zero-order chi connectivity index (χ0) is 12.0. The molecule has 0 spiro atoms. The van der Waals surface area contributed by atoms with Gasteiger partial charge in [0.25, 0.3) is 0 Å². The summed E-state index contributed by atoms with van der Waals surface area (Å²) in [6, 6.07) is 6.18. The fraction of sp³-hybridized carbons (Fsp3) is 0.571. The number of hydrogen-bond donors (Lipinski definition) is 2. The summed E-state index contributed by atoms with van der Waals surface area (Å²) >= 11 is 0. The zero-order valence-electron chi connectivity index (χ0n) is 10.3. The molecule has 3 unspecified atom stereocenters. The summed E-state index contributed by atoms with van der Waals surface area (Å²) in [7, 11) is 0. The second kappa shape index (κ2) is 3.91. The summed E-state index contributed by atoms with van der Waals surface area (Å²) < 4.78 is 0. The highest BCUT2D eigenvalue weighted by molar-refractivity contribution is 5.69. The van der Waals surface area contributed by atoms with Gasteiger partial charge in [-0.05, 0) is 43.4 Å². The molecule has 1 saturated heterocycles. The summed E-state index contributed by atoms with van der Waals surface area (Å²) in [5.41, 5.74) is 9.29. The molecule has 17 heavy (non-hydrogen) atoms. The van der Waals surface area contributed by atoms with E-state index < -0.39 is 0 Å². The summed E-state index contributed by atoms with van der Waals surface area (Å²) in [6.07, 6.45) is 2.04. The van der Waals surface area contributed by atoms with Crippen molar-refractivity contribution in [3.63, 3.8) is 0 Å². The maximum absolute atomic E-state index is 9.93. The van der Waals surface area contributed by atoms with Crippen LogP contribution in [0.2, 0.25) is 0 Å². The van der Waals surface area contributed by atoms with Gasteiger partial charge in [0, 0.05) is 19.0 Å². The highest BCUT2D eigenvalue weighted by Crippen LogP contribution is 2.41. The fourth-order valence-corrected chi connectivity index (χ4v) is 3.36. The van der Waals surface area contributed by atoms with Crippen LogP contribution < -0.4 is 10.6 Å². The number of benzene rings is 1. The van der Waals surface area contributed by atoms with Gasteiger partial charge in [-0.2, -0.15) is 0 Å². The van der Waals surface area contributed by atoms with Crippen molar-refractivity contribution in [1.29, 1.82) is 0 Å². The molecule has 1 aliphatic heterocycles. The molecular weight excluding hydrogens is 212 g/mol. The van der Waals surface area contributed by atoms with Gasteiger partial charge in [-0.3, -0.25) is 0 Å². The third-order valence-electron chi connectivity index (χ3n) is 4.35. The van der Waals surface area contributed by atoms with E-state index in [1.165, 1.54) is 5.56 Å². The lowest BCUT2D eigenvalue weighted by Crippen LogP contribution is -2.25. The van der Waals surface area contributed by atoms with Crippen molar-refractivity contribution in [2.75, 3.05) is 23.7 Å². The largest absolute Gasteiger partial charge is 0.397 e. The molecule has 2 aliphatic rings. The quantitative estimate of drug-likeness (QED) is 0.726. The number of hydrogen-bond acceptors (Lipinski definition) is 3. The van der Waals surface area contributed by atoms with Gasteiger partial charge in [-0.15, -0.1) is 0 Å². The van der Waals surface area contributed by atoms with Crippen molar-refractivity contribution in [1.82, 2.24) is 0 Å². The average Bonchev–Trinajstić information content (AvgIpc) is 2.85. The zero-order valence-corrected chi connectivity index (χ0v) is 10.3. The predicted octanol–water partition coefficient (Wildman–Crippen LogP) is 1.78. The van der Waals surface area contributed by atoms with Crippen molar-refractivity contribution >= 4 is 11.4 Å². The molecule has 1 aromatic carbocycles. The van der Waals surface area contributed by atoms with Gasteiger partial charge < -0.3 is 15.7 Å². The van der Waals surface area contributed by atoms with Gasteiger partial charge >= 0.3 is 0 Å². The average molecular weight is 232 g/mol. The number of rotatable bonds is 1. The van der Waals surface area contributed by atoms with Crippen LogP contribution in [0.15, 0.2) is 18.2 Å². The topological polar surface area (TPSA) is 49.5 Å². The SMILES string of the molecule is Cc1ccc(N)c(N2CC3CCC(O)C3C2)c1. The minimum Gasteiger partial charge on any atom is -0.397 e. The Kier molecular flexibility index (Phi) is 2.51. The molecular formula is C14H20N2O. The first kappa shape index (κ1) is 10.9. The van der Waals surface area contributed by atoms with Gasteiger partial charge in [-0.1, -0.05) is 6.07 Å². The van der Waals surface area contributed by atoms with Crippen LogP contribution >= 0.6 is 0 Å². The van der Waals surface area contributed by atoms with Crippen LogP contribution in [0, 0.1) is 18.8 Å². The lowest BCUT2D eigenvalue weighted by Gasteiger charge is -2.22. The van der Waals surface area contributed by atoms with E-state index in [9.17, 15) is 5.11 Å². The van der Waals surface area contributed by atoms with Gasteiger partial charge in [0.1, 0.15) is 0 Å². The van der Waals surface area contributed by atoms with Crippen molar-refractivity contribution in [2.24, 2.45) is 11.8 Å². The molecule has 0 amide bonds. The number of anilines is 2. The molecule has 3 atom stereocenters. The fourth-order valence-electron chi connectivity index (χ4n) is 3.36. The van der Waals surface area contributed by atoms with E-state index in [1.807, 2.05) is 12.1 Å². The number of aryl methyl sites for hydroxylation is 1. The molecule has 1 aliphatic carbocycles. The monoisotopic (exact) mass is 232 g/mol. The van der Waals surface area contributed by atoms with Gasteiger partial charge in [0.05, 0.1) is 17.5 Å². The number of nitrogen functional groups attached to an aromatic ring is 1. The second-order valence-electron chi connectivity index (χ2n) is 5.54. The van der Waals surface area contributed by atoms with E-state index in [-0.39, 0.29) is 6.10 Å². The predicted molar refractivity (Wildman–Crippen MR) is 70.0 cm³/mol. The van der Waals surface area contributed by atoms with Crippen LogP contribution in [0.25, 0.3) is 0 Å². The number of nitrogens with two attached hydrogens (primary N) is 1. The van der Waals surface area contributed by atoms with Crippen molar-refractivity contribution in [3.05, 3.63) is 23.8 Å². The van der Waals surface area contributed by atoms with E-state index >= 15 is 0 Å². The lowest BCUT2D eigenvalue weighted by atomic mass is 10.00. The highest BCUT2D eigenvalue weighted by Gasteiger charge is 2.42. The molecule has 92 valence electrons.